The molecule has 0 radical (unpaired) electrons. The molecule has 0 N–H and O–H groups in total. The van der Waals surface area contributed by atoms with Gasteiger partial charge in [0, 0.05) is 29.1 Å². The lowest BCUT2D eigenvalue weighted by atomic mass is 10.0. The zero-order valence-corrected chi connectivity index (χ0v) is 22.5. The van der Waals surface area contributed by atoms with Crippen molar-refractivity contribution in [2.24, 2.45) is 0 Å². The van der Waals surface area contributed by atoms with Crippen molar-refractivity contribution in [3.05, 3.63) is 146 Å². The van der Waals surface area contributed by atoms with Crippen molar-refractivity contribution >= 4 is 0 Å². The summed E-state index contributed by atoms with van der Waals surface area (Å²) in [5, 5.41) is 0. The largest absolute Gasteiger partial charge is 0.255 e. The first-order chi connectivity index (χ1) is 20.8. The maximum Gasteiger partial charge on any atom is 0.164 e. The van der Waals surface area contributed by atoms with Gasteiger partial charge in [0.1, 0.15) is 0 Å². The predicted molar refractivity (Wildman–Crippen MR) is 166 cm³/mol. The lowest BCUT2D eigenvalue weighted by Gasteiger charge is -2.11. The monoisotopic (exact) mass is 540 g/mol. The Morgan fingerprint density at radius 3 is 1.24 bits per heavy atom. The zero-order chi connectivity index (χ0) is 28.1. The van der Waals surface area contributed by atoms with Crippen molar-refractivity contribution in [1.82, 2.24) is 29.9 Å². The number of aromatic nitrogens is 6. The molecule has 198 valence electrons. The Hall–Kier alpha value is -5.88. The third-order valence-corrected chi connectivity index (χ3v) is 6.83. The Kier molecular flexibility index (Phi) is 6.76. The van der Waals surface area contributed by atoms with E-state index in [-0.39, 0.29) is 0 Å². The molecule has 0 bridgehead atoms. The van der Waals surface area contributed by atoms with Crippen molar-refractivity contribution in [3.63, 3.8) is 0 Å². The molecule has 0 atom stereocenters. The van der Waals surface area contributed by atoms with E-state index in [1.54, 1.807) is 12.4 Å². The van der Waals surface area contributed by atoms with Gasteiger partial charge in [-0.1, -0.05) is 91.0 Å². The Morgan fingerprint density at radius 2 is 0.738 bits per heavy atom. The molecule has 0 saturated carbocycles. The van der Waals surface area contributed by atoms with Gasteiger partial charge in [0.2, 0.25) is 0 Å². The summed E-state index contributed by atoms with van der Waals surface area (Å²) in [4.78, 5) is 28.7. The Bertz CT molecular complexity index is 1710. The molecule has 3 aromatic carbocycles. The molecule has 4 aromatic heterocycles. The molecule has 7 rings (SSSR count). The van der Waals surface area contributed by atoms with E-state index in [2.05, 4.69) is 34.2 Å². The number of nitrogens with zero attached hydrogens (tertiary/aromatic N) is 6. The number of rotatable bonds is 6. The fraction of sp³-hybridized carbons (Fsp3) is 0. The smallest absolute Gasteiger partial charge is 0.164 e. The molecule has 0 saturated heterocycles. The second-order valence-corrected chi connectivity index (χ2v) is 9.68. The summed E-state index contributed by atoms with van der Waals surface area (Å²) in [5.41, 5.74) is 7.90. The van der Waals surface area contributed by atoms with Crippen molar-refractivity contribution < 1.29 is 0 Å². The van der Waals surface area contributed by atoms with Crippen LogP contribution in [-0.4, -0.2) is 29.9 Å². The van der Waals surface area contributed by atoms with Crippen LogP contribution in [0.2, 0.25) is 0 Å². The van der Waals surface area contributed by atoms with E-state index in [4.69, 9.17) is 19.9 Å². The molecule has 0 amide bonds. The van der Waals surface area contributed by atoms with Crippen LogP contribution in [0.1, 0.15) is 0 Å². The van der Waals surface area contributed by atoms with Crippen molar-refractivity contribution in [3.8, 4) is 68.1 Å². The lowest BCUT2D eigenvalue weighted by molar-refractivity contribution is 1.07. The van der Waals surface area contributed by atoms with E-state index in [0.29, 0.717) is 17.5 Å². The van der Waals surface area contributed by atoms with Gasteiger partial charge >= 0.3 is 0 Å². The summed E-state index contributed by atoms with van der Waals surface area (Å²) in [7, 11) is 0. The second-order valence-electron chi connectivity index (χ2n) is 9.68. The van der Waals surface area contributed by atoms with Crippen LogP contribution in [0.15, 0.2) is 146 Å². The van der Waals surface area contributed by atoms with Crippen LogP contribution in [0.25, 0.3) is 68.1 Å². The molecule has 0 spiro atoms. The molecule has 0 unspecified atom stereocenters. The molecule has 6 heteroatoms. The minimum Gasteiger partial charge on any atom is -0.255 e. The number of hydrogen-bond donors (Lipinski definition) is 0. The average Bonchev–Trinajstić information content (AvgIpc) is 3.09. The fourth-order valence-electron chi connectivity index (χ4n) is 4.76. The highest BCUT2D eigenvalue weighted by atomic mass is 15.0. The van der Waals surface area contributed by atoms with Gasteiger partial charge in [-0.2, -0.15) is 0 Å². The minimum atomic E-state index is 0.605. The highest BCUT2D eigenvalue weighted by molar-refractivity contribution is 5.77. The lowest BCUT2D eigenvalue weighted by Crippen LogP contribution is -2.00. The van der Waals surface area contributed by atoms with Crippen LogP contribution in [0.3, 0.4) is 0 Å². The van der Waals surface area contributed by atoms with E-state index < -0.39 is 0 Å². The van der Waals surface area contributed by atoms with Gasteiger partial charge in [-0.25, -0.2) is 19.9 Å². The van der Waals surface area contributed by atoms with Crippen molar-refractivity contribution in [2.75, 3.05) is 0 Å². The third-order valence-electron chi connectivity index (χ3n) is 6.83. The normalized spacial score (nSPS) is 10.9. The minimum absolute atomic E-state index is 0.605. The summed E-state index contributed by atoms with van der Waals surface area (Å²) in [6.07, 6.45) is 3.56. The fourth-order valence-corrected chi connectivity index (χ4v) is 4.76. The molecular formula is C36H24N6. The topological polar surface area (TPSA) is 77.3 Å². The molecule has 0 aliphatic heterocycles. The van der Waals surface area contributed by atoms with E-state index in [0.717, 1.165) is 50.6 Å². The van der Waals surface area contributed by atoms with Crippen molar-refractivity contribution in [1.29, 1.82) is 0 Å². The highest BCUT2D eigenvalue weighted by Crippen LogP contribution is 2.32. The van der Waals surface area contributed by atoms with Gasteiger partial charge in [-0.15, -0.1) is 0 Å². The highest BCUT2D eigenvalue weighted by Gasteiger charge is 2.14. The number of hydrogen-bond acceptors (Lipinski definition) is 6. The molecule has 7 aromatic rings. The summed E-state index contributed by atoms with van der Waals surface area (Å²) >= 11 is 0. The standard InChI is InChI=1S/C36H24N6/c1-3-12-25(13-4-1)34-40-35(26-14-5-2-6-15-26)42-36(41-34)28-17-11-16-27(22-28)29-23-32(30-18-7-9-20-37-30)39-33(24-29)31-19-8-10-21-38-31/h1-24H. The maximum atomic E-state index is 4.91. The summed E-state index contributed by atoms with van der Waals surface area (Å²) < 4.78 is 0. The first kappa shape index (κ1) is 25.1. The number of pyridine rings is 3. The van der Waals surface area contributed by atoms with E-state index >= 15 is 0 Å². The molecule has 6 nitrogen and oxygen atoms in total. The van der Waals surface area contributed by atoms with Gasteiger partial charge < -0.3 is 0 Å². The van der Waals surface area contributed by atoms with Crippen LogP contribution >= 0.6 is 0 Å². The SMILES string of the molecule is c1ccc(-c2nc(-c3ccccc3)nc(-c3cccc(-c4cc(-c5ccccn5)nc(-c5ccccn5)c4)c3)n2)cc1. The van der Waals surface area contributed by atoms with Crippen LogP contribution in [0.5, 0.6) is 0 Å². The van der Waals surface area contributed by atoms with E-state index in [1.807, 2.05) is 109 Å². The Labute approximate surface area is 243 Å². The van der Waals surface area contributed by atoms with Crippen LogP contribution < -0.4 is 0 Å². The first-order valence-corrected chi connectivity index (χ1v) is 13.6. The zero-order valence-electron chi connectivity index (χ0n) is 22.5. The third kappa shape index (κ3) is 5.29. The average molecular weight is 541 g/mol. The second kappa shape index (κ2) is 11.3. The van der Waals surface area contributed by atoms with Crippen LogP contribution in [0, 0.1) is 0 Å². The van der Waals surface area contributed by atoms with Gasteiger partial charge in [0.25, 0.3) is 0 Å². The number of benzene rings is 3. The maximum absolute atomic E-state index is 4.91. The van der Waals surface area contributed by atoms with Gasteiger partial charge in [-0.05, 0) is 53.6 Å². The van der Waals surface area contributed by atoms with Gasteiger partial charge in [0.15, 0.2) is 17.5 Å². The molecule has 4 heterocycles. The molecular weight excluding hydrogens is 516 g/mol. The Morgan fingerprint density at radius 1 is 0.286 bits per heavy atom. The van der Waals surface area contributed by atoms with Gasteiger partial charge in [0.05, 0.1) is 22.8 Å². The summed E-state index contributed by atoms with van der Waals surface area (Å²) in [6, 6.07) is 44.0. The first-order valence-electron chi connectivity index (χ1n) is 13.6. The van der Waals surface area contributed by atoms with Crippen LogP contribution in [0.4, 0.5) is 0 Å². The Balaban J connectivity index is 1.37. The molecule has 0 aliphatic rings. The quantitative estimate of drug-likeness (QED) is 0.212. The molecule has 0 fully saturated rings. The summed E-state index contributed by atoms with van der Waals surface area (Å²) in [6.45, 7) is 0. The molecule has 42 heavy (non-hydrogen) atoms. The van der Waals surface area contributed by atoms with Gasteiger partial charge in [-0.3, -0.25) is 9.97 Å². The summed E-state index contributed by atoms with van der Waals surface area (Å²) in [5.74, 6) is 1.86. The van der Waals surface area contributed by atoms with Crippen LogP contribution in [-0.2, 0) is 0 Å². The molecule has 0 aliphatic carbocycles. The van der Waals surface area contributed by atoms with E-state index in [1.165, 1.54) is 0 Å². The van der Waals surface area contributed by atoms with Crippen molar-refractivity contribution in [2.45, 2.75) is 0 Å². The van der Waals surface area contributed by atoms with E-state index in [9.17, 15) is 0 Å². The predicted octanol–water partition coefficient (Wildman–Crippen LogP) is 8.06.